The Labute approximate surface area is 450 Å². The summed E-state index contributed by atoms with van der Waals surface area (Å²) in [4.78, 5) is 41.3. The van der Waals surface area contributed by atoms with Crippen LogP contribution in [0.15, 0.2) is 65.2 Å². The van der Waals surface area contributed by atoms with E-state index in [0.717, 1.165) is 44.6 Å². The van der Waals surface area contributed by atoms with Gasteiger partial charge in [-0.05, 0) is 75.7 Å². The normalized spacial score (nSPS) is 35.6. The largest absolute Gasteiger partial charge is 0.481 e. The van der Waals surface area contributed by atoms with Crippen LogP contribution in [0.3, 0.4) is 0 Å². The molecule has 2 bridgehead atoms. The number of nitrogens with one attached hydrogen (secondary N) is 2. The third kappa shape index (κ3) is 25.6. The van der Waals surface area contributed by atoms with Crippen molar-refractivity contribution in [2.75, 3.05) is 20.6 Å². The van der Waals surface area contributed by atoms with Crippen molar-refractivity contribution >= 4 is 23.9 Å². The van der Waals surface area contributed by atoms with Gasteiger partial charge in [0.05, 0.1) is 54.9 Å². The minimum atomic E-state index is -2.52. The van der Waals surface area contributed by atoms with Gasteiger partial charge in [0.25, 0.3) is 0 Å². The molecule has 18 atom stereocenters. The van der Waals surface area contributed by atoms with Crippen molar-refractivity contribution in [2.45, 2.75) is 217 Å². The van der Waals surface area contributed by atoms with E-state index in [1.807, 2.05) is 27.0 Å². The first kappa shape index (κ1) is 68.0. The van der Waals surface area contributed by atoms with E-state index >= 15 is 0 Å². The first-order valence-corrected chi connectivity index (χ1v) is 27.2. The Morgan fingerprint density at radius 3 is 2.13 bits per heavy atom. The van der Waals surface area contributed by atoms with Crippen molar-refractivity contribution in [1.29, 1.82) is 0 Å². The zero-order chi connectivity index (χ0) is 57.1. The summed E-state index contributed by atoms with van der Waals surface area (Å²) in [6.07, 6.45) is 2.44. The van der Waals surface area contributed by atoms with Gasteiger partial charge in [0.1, 0.15) is 24.7 Å². The molecule has 0 aliphatic carbocycles. The molecule has 13 N–H and O–H groups in total. The Kier molecular flexibility index (Phi) is 31.7. The lowest BCUT2D eigenvalue weighted by molar-refractivity contribution is -0.333. The maximum atomic E-state index is 13.3. The number of cyclic esters (lactones) is 1. The number of carbonyl (C=O) groups excluding carboxylic acids is 2. The highest BCUT2D eigenvalue weighted by atomic mass is 16.7. The molecule has 0 aromatic heterocycles. The molecular formula is C56H95N3O17. The molecule has 1 fully saturated rings. The molecule has 0 aromatic carbocycles. The number of fused-ring (bicyclic) bond motifs is 2. The van der Waals surface area contributed by atoms with E-state index in [1.165, 1.54) is 12.2 Å². The molecule has 0 aromatic rings. The molecule has 436 valence electrons. The lowest BCUT2D eigenvalue weighted by Gasteiger charge is -2.45. The number of nitrogens with zero attached hydrogens (tertiary/aromatic N) is 1. The highest BCUT2D eigenvalue weighted by Crippen LogP contribution is 2.36. The van der Waals surface area contributed by atoms with Crippen molar-refractivity contribution in [3.63, 3.8) is 0 Å². The Balaban J connectivity index is 2.39. The molecular weight excluding hydrogens is 987 g/mol. The van der Waals surface area contributed by atoms with E-state index in [2.05, 4.69) is 27.8 Å². The van der Waals surface area contributed by atoms with Gasteiger partial charge in [-0.15, -0.1) is 0 Å². The van der Waals surface area contributed by atoms with Crippen LogP contribution in [0, 0.1) is 29.6 Å². The molecule has 2 rings (SSSR count). The summed E-state index contributed by atoms with van der Waals surface area (Å²) in [7, 11) is 3.53. The number of allylic oxidation sites excluding steroid dienone is 6. The van der Waals surface area contributed by atoms with Crippen molar-refractivity contribution in [1.82, 2.24) is 10.6 Å². The van der Waals surface area contributed by atoms with E-state index in [-0.39, 0.29) is 63.2 Å². The summed E-state index contributed by atoms with van der Waals surface area (Å²) in [5.41, 5.74) is 0.484. The molecule has 2 heterocycles. The fourth-order valence-electron chi connectivity index (χ4n) is 9.52. The summed E-state index contributed by atoms with van der Waals surface area (Å²) in [6, 6.07) is 0. The molecule has 2 aliphatic rings. The van der Waals surface area contributed by atoms with Gasteiger partial charge in [0, 0.05) is 83.0 Å². The van der Waals surface area contributed by atoms with Crippen LogP contribution in [0.4, 0.5) is 0 Å². The van der Waals surface area contributed by atoms with E-state index in [9.17, 15) is 70.6 Å². The summed E-state index contributed by atoms with van der Waals surface area (Å²) >= 11 is 0. The lowest BCUT2D eigenvalue weighted by Crippen LogP contribution is -2.60. The van der Waals surface area contributed by atoms with Gasteiger partial charge in [-0.3, -0.25) is 14.6 Å². The van der Waals surface area contributed by atoms with E-state index in [1.54, 1.807) is 59.0 Å². The molecule has 0 radical (unpaired) electrons. The Hall–Kier alpha value is -4.06. The number of carboxylic acid groups (broad SMARTS) is 1. The number of unbranched alkanes of at least 4 members (excludes halogenated alkanes) is 2. The summed E-state index contributed by atoms with van der Waals surface area (Å²) in [5, 5.41) is 126. The SMILES string of the molecule is CN=C(NC)NCCC/C=C/CCCC(C)C1OC(=O)C=CC=CC(C)C(O)CC(O)C(C)C(O)CCC(C)C(O)CC2(O)OC(CC(OC(=O)CC(=O)O)CC(O)CC(O)CC(O)C(C)=CC=CC1C)CC(O)C2O. The summed E-state index contributed by atoms with van der Waals surface area (Å²) in [5.74, 6) is -7.07. The fourth-order valence-corrected chi connectivity index (χ4v) is 9.52. The minimum Gasteiger partial charge on any atom is -0.481 e. The number of aliphatic hydroxyl groups excluding tert-OH is 9. The second kappa shape index (κ2) is 35.4. The number of hydrogen-bond donors (Lipinski definition) is 13. The van der Waals surface area contributed by atoms with Crippen LogP contribution in [-0.2, 0) is 28.6 Å². The number of esters is 2. The number of hydrogen-bond acceptors (Lipinski definition) is 17. The third-order valence-corrected chi connectivity index (χ3v) is 14.7. The molecule has 1 saturated heterocycles. The predicted octanol–water partition coefficient (Wildman–Crippen LogP) is 3.24. The standard InChI is InChI=1S/C56H95N3O17/c1-34-18-14-15-22-51(70)75-53(37(4)19-13-11-9-10-12-16-25-59-55(57-7)58-8)38(5)21-17-20-35(2)45(63)28-41(61)26-40(60)27-42(74-52(71)32-50(68)69)29-43-30-48(66)54(72)56(73,76-43)33-49(67)36(3)23-24-44(62)39(6)47(65)31-46(34)64/h9-10,14-15,17-18,20-22,34,36-49,53-54,60-67,72-73H,11-13,16,19,23-33H2,1-8H3,(H,68,69)(H2,57,58,59)/b10-9+,18-14?,21-17?,22-15?,35-20?. The van der Waals surface area contributed by atoms with Gasteiger partial charge in [-0.2, -0.15) is 0 Å². The van der Waals surface area contributed by atoms with Gasteiger partial charge in [-0.1, -0.05) is 83.2 Å². The van der Waals surface area contributed by atoms with E-state index < -0.39 is 128 Å². The van der Waals surface area contributed by atoms with Crippen LogP contribution in [0.25, 0.3) is 0 Å². The zero-order valence-electron chi connectivity index (χ0n) is 46.1. The van der Waals surface area contributed by atoms with Crippen LogP contribution < -0.4 is 10.6 Å². The molecule has 0 saturated carbocycles. The van der Waals surface area contributed by atoms with Crippen molar-refractivity contribution in [2.24, 2.45) is 34.6 Å². The zero-order valence-corrected chi connectivity index (χ0v) is 46.1. The third-order valence-electron chi connectivity index (χ3n) is 14.7. The number of ether oxygens (including phenoxy) is 3. The molecule has 18 unspecified atom stereocenters. The molecule has 0 spiro atoms. The van der Waals surface area contributed by atoms with Gasteiger partial charge in [-0.25, -0.2) is 4.79 Å². The number of rotatable bonds is 12. The number of aliphatic hydroxyl groups is 10. The van der Waals surface area contributed by atoms with Gasteiger partial charge in [0.15, 0.2) is 11.7 Å². The number of guanidine groups is 1. The Morgan fingerprint density at radius 2 is 1.47 bits per heavy atom. The fraction of sp³-hybridized carbons (Fsp3) is 0.750. The lowest BCUT2D eigenvalue weighted by atomic mass is 9.84. The van der Waals surface area contributed by atoms with Crippen LogP contribution >= 0.6 is 0 Å². The number of aliphatic imine (C=N–C) groups is 1. The van der Waals surface area contributed by atoms with Crippen molar-refractivity contribution in [3.8, 4) is 0 Å². The second-order valence-corrected chi connectivity index (χ2v) is 21.3. The average Bonchev–Trinajstić information content (AvgIpc) is 3.34. The van der Waals surface area contributed by atoms with Gasteiger partial charge >= 0.3 is 17.9 Å². The highest BCUT2D eigenvalue weighted by molar-refractivity contribution is 5.90. The van der Waals surface area contributed by atoms with Gasteiger partial charge in [0.2, 0.25) is 0 Å². The smallest absolute Gasteiger partial charge is 0.331 e. The molecule has 20 nitrogen and oxygen atoms in total. The van der Waals surface area contributed by atoms with Crippen LogP contribution in [0.2, 0.25) is 0 Å². The van der Waals surface area contributed by atoms with E-state index in [0.29, 0.717) is 5.57 Å². The minimum absolute atomic E-state index is 0.0526. The van der Waals surface area contributed by atoms with E-state index in [4.69, 9.17) is 14.2 Å². The maximum Gasteiger partial charge on any atom is 0.331 e. The Morgan fingerprint density at radius 1 is 0.816 bits per heavy atom. The van der Waals surface area contributed by atoms with Crippen LogP contribution in [-0.4, -0.2) is 180 Å². The number of carboxylic acids is 1. The molecule has 2 aliphatic heterocycles. The second-order valence-electron chi connectivity index (χ2n) is 21.3. The first-order chi connectivity index (χ1) is 35.8. The molecule has 76 heavy (non-hydrogen) atoms. The van der Waals surface area contributed by atoms with Crippen molar-refractivity contribution in [3.05, 3.63) is 60.3 Å². The highest BCUT2D eigenvalue weighted by Gasteiger charge is 2.50. The maximum absolute atomic E-state index is 13.3. The topological polar surface area (TPSA) is 338 Å². The Bertz CT molecular complexity index is 1900. The first-order valence-electron chi connectivity index (χ1n) is 27.2. The summed E-state index contributed by atoms with van der Waals surface area (Å²) < 4.78 is 17.4. The summed E-state index contributed by atoms with van der Waals surface area (Å²) in [6.45, 7) is 11.4. The number of carbonyl (C=O) groups is 3. The van der Waals surface area contributed by atoms with Gasteiger partial charge < -0.3 is 81.0 Å². The molecule has 0 amide bonds. The number of aliphatic carboxylic acids is 1. The molecule has 20 heteroatoms. The quantitative estimate of drug-likeness (QED) is 0.0333. The predicted molar refractivity (Wildman–Crippen MR) is 287 cm³/mol. The van der Waals surface area contributed by atoms with Crippen LogP contribution in [0.1, 0.15) is 138 Å². The monoisotopic (exact) mass is 1080 g/mol. The average molecular weight is 1080 g/mol. The van der Waals surface area contributed by atoms with Crippen LogP contribution in [0.5, 0.6) is 0 Å². The van der Waals surface area contributed by atoms with Crippen molar-refractivity contribution < 1.29 is 84.8 Å².